The van der Waals surface area contributed by atoms with Crippen LogP contribution in [0.4, 0.5) is 0 Å². The largest absolute Gasteiger partial charge is 0.493 e. The van der Waals surface area contributed by atoms with Crippen molar-refractivity contribution in [1.29, 1.82) is 0 Å². The van der Waals surface area contributed by atoms with Gasteiger partial charge in [0, 0.05) is 4.47 Å². The van der Waals surface area contributed by atoms with Crippen molar-refractivity contribution in [1.82, 2.24) is 4.57 Å². The van der Waals surface area contributed by atoms with Gasteiger partial charge in [-0.25, -0.2) is 9.79 Å². The van der Waals surface area contributed by atoms with Gasteiger partial charge in [0.2, 0.25) is 0 Å². The summed E-state index contributed by atoms with van der Waals surface area (Å²) in [4.78, 5) is 32.2. The van der Waals surface area contributed by atoms with Gasteiger partial charge in [0.1, 0.15) is 0 Å². The van der Waals surface area contributed by atoms with E-state index in [0.717, 1.165) is 5.56 Å². The van der Waals surface area contributed by atoms with Gasteiger partial charge in [-0.3, -0.25) is 9.36 Å². The quantitative estimate of drug-likeness (QED) is 0.335. The highest BCUT2D eigenvalue weighted by atomic mass is 79.9. The number of hydrogen-bond donors (Lipinski definition) is 0. The van der Waals surface area contributed by atoms with E-state index in [1.165, 1.54) is 30.1 Å². The van der Waals surface area contributed by atoms with Gasteiger partial charge < -0.3 is 23.7 Å². The van der Waals surface area contributed by atoms with Crippen LogP contribution in [-0.2, 0) is 9.53 Å². The minimum atomic E-state index is -0.813. The number of rotatable bonds is 9. The van der Waals surface area contributed by atoms with E-state index in [0.29, 0.717) is 54.7 Å². The number of benzene rings is 2. The average molecular weight is 618 g/mol. The van der Waals surface area contributed by atoms with Gasteiger partial charge in [-0.15, -0.1) is 0 Å². The molecule has 1 aliphatic heterocycles. The molecule has 0 aliphatic carbocycles. The van der Waals surface area contributed by atoms with Crippen molar-refractivity contribution >= 4 is 39.3 Å². The van der Waals surface area contributed by atoms with Gasteiger partial charge in [0.15, 0.2) is 27.8 Å². The summed E-state index contributed by atoms with van der Waals surface area (Å²) in [5.74, 6) is 1.59. The third-order valence-corrected chi connectivity index (χ3v) is 7.77. The molecule has 0 N–H and O–H groups in total. The highest BCUT2D eigenvalue weighted by Crippen LogP contribution is 2.40. The fraction of sp³-hybridized carbons (Fsp3) is 0.321. The molecule has 2 heterocycles. The summed E-state index contributed by atoms with van der Waals surface area (Å²) in [5, 5.41) is 0. The van der Waals surface area contributed by atoms with E-state index in [1.54, 1.807) is 45.2 Å². The molecular weight excluding hydrogens is 588 g/mol. The fourth-order valence-corrected chi connectivity index (χ4v) is 5.95. The third-order valence-electron chi connectivity index (χ3n) is 6.10. The summed E-state index contributed by atoms with van der Waals surface area (Å²) in [6.45, 7) is 6.01. The van der Waals surface area contributed by atoms with Crippen LogP contribution in [0.15, 0.2) is 55.9 Å². The average Bonchev–Trinajstić information content (AvgIpc) is 3.22. The molecule has 9 nitrogen and oxygen atoms in total. The molecule has 0 saturated carbocycles. The topological polar surface area (TPSA) is 97.6 Å². The van der Waals surface area contributed by atoms with Gasteiger partial charge in [-0.2, -0.15) is 0 Å². The van der Waals surface area contributed by atoms with Gasteiger partial charge in [0.05, 0.1) is 56.4 Å². The molecule has 1 atom stereocenters. The van der Waals surface area contributed by atoms with E-state index < -0.39 is 12.0 Å². The molecule has 0 unspecified atom stereocenters. The van der Waals surface area contributed by atoms with Crippen LogP contribution in [-0.4, -0.2) is 45.1 Å². The first-order valence-electron chi connectivity index (χ1n) is 12.2. The Morgan fingerprint density at radius 3 is 2.36 bits per heavy atom. The maximum absolute atomic E-state index is 13.9. The lowest BCUT2D eigenvalue weighted by Gasteiger charge is -2.26. The third kappa shape index (κ3) is 5.46. The second-order valence-electron chi connectivity index (χ2n) is 8.37. The highest BCUT2D eigenvalue weighted by Gasteiger charge is 2.35. The van der Waals surface area contributed by atoms with Crippen molar-refractivity contribution in [2.75, 3.05) is 34.5 Å². The number of carbonyl (C=O) groups excluding carboxylic acids is 1. The Kier molecular flexibility index (Phi) is 8.81. The number of nitrogens with zero attached hydrogens (tertiary/aromatic N) is 2. The zero-order valence-electron chi connectivity index (χ0n) is 22.5. The Balaban J connectivity index is 1.97. The lowest BCUT2D eigenvalue weighted by Crippen LogP contribution is -2.40. The molecule has 2 aromatic carbocycles. The molecule has 1 aromatic heterocycles. The molecule has 0 bridgehead atoms. The van der Waals surface area contributed by atoms with Crippen LogP contribution in [0.5, 0.6) is 23.0 Å². The molecule has 0 spiro atoms. The molecule has 0 fully saturated rings. The number of methoxy groups -OCH3 is 3. The molecule has 1 aliphatic rings. The molecule has 11 heteroatoms. The first kappa shape index (κ1) is 28.4. The lowest BCUT2D eigenvalue weighted by molar-refractivity contribution is -0.139. The van der Waals surface area contributed by atoms with Crippen LogP contribution in [0, 0.1) is 0 Å². The van der Waals surface area contributed by atoms with Crippen molar-refractivity contribution < 1.29 is 28.5 Å². The van der Waals surface area contributed by atoms with Crippen molar-refractivity contribution in [2.45, 2.75) is 26.8 Å². The SMILES string of the molecule is CCOC(=O)C1=C(C)N=c2s/c(=C\c3ccc(OC)c(OCC)c3)c(=O)n2[C@@H]1c1cc(OC)c(OC)cc1Br. The fourth-order valence-electron chi connectivity index (χ4n) is 4.37. The van der Waals surface area contributed by atoms with Crippen LogP contribution < -0.4 is 33.8 Å². The van der Waals surface area contributed by atoms with E-state index in [2.05, 4.69) is 20.9 Å². The zero-order valence-corrected chi connectivity index (χ0v) is 24.9. The summed E-state index contributed by atoms with van der Waals surface area (Å²) >= 11 is 4.85. The number of allylic oxidation sites excluding steroid dienone is 1. The summed E-state index contributed by atoms with van der Waals surface area (Å²) in [6.07, 6.45) is 1.77. The molecule has 0 saturated heterocycles. The van der Waals surface area contributed by atoms with Gasteiger partial charge >= 0.3 is 5.97 Å². The van der Waals surface area contributed by atoms with Crippen molar-refractivity contribution in [3.05, 3.63) is 76.9 Å². The van der Waals surface area contributed by atoms with Crippen LogP contribution in [0.1, 0.15) is 37.9 Å². The van der Waals surface area contributed by atoms with E-state index in [-0.39, 0.29) is 17.7 Å². The Bertz CT molecular complexity index is 1620. The first-order chi connectivity index (χ1) is 18.8. The monoisotopic (exact) mass is 616 g/mol. The smallest absolute Gasteiger partial charge is 0.338 e. The number of thiazole rings is 1. The second-order valence-corrected chi connectivity index (χ2v) is 10.2. The summed E-state index contributed by atoms with van der Waals surface area (Å²) in [6, 6.07) is 8.14. The Hall–Kier alpha value is -3.57. The Morgan fingerprint density at radius 2 is 1.72 bits per heavy atom. The van der Waals surface area contributed by atoms with Crippen molar-refractivity contribution in [3.8, 4) is 23.0 Å². The minimum Gasteiger partial charge on any atom is -0.493 e. The Labute approximate surface area is 238 Å². The number of ether oxygens (including phenoxy) is 5. The van der Waals surface area contributed by atoms with Crippen molar-refractivity contribution in [3.63, 3.8) is 0 Å². The van der Waals surface area contributed by atoms with E-state index in [9.17, 15) is 9.59 Å². The van der Waals surface area contributed by atoms with Gasteiger partial charge in [-0.05, 0) is 62.2 Å². The molecular formula is C28H29BrN2O7S. The van der Waals surface area contributed by atoms with E-state index in [1.807, 2.05) is 19.1 Å². The summed E-state index contributed by atoms with van der Waals surface area (Å²) < 4.78 is 30.0. The first-order valence-corrected chi connectivity index (χ1v) is 13.8. The summed E-state index contributed by atoms with van der Waals surface area (Å²) in [5.41, 5.74) is 1.83. The van der Waals surface area contributed by atoms with Gasteiger partial charge in [0.25, 0.3) is 5.56 Å². The number of hydrogen-bond acceptors (Lipinski definition) is 9. The number of halogens is 1. The molecule has 0 amide bonds. The lowest BCUT2D eigenvalue weighted by atomic mass is 9.95. The van der Waals surface area contributed by atoms with Crippen molar-refractivity contribution in [2.24, 2.45) is 4.99 Å². The van der Waals surface area contributed by atoms with Crippen LogP contribution >= 0.6 is 27.3 Å². The van der Waals surface area contributed by atoms with Crippen LogP contribution in [0.2, 0.25) is 0 Å². The number of aromatic nitrogens is 1. The predicted molar refractivity (Wildman–Crippen MR) is 152 cm³/mol. The zero-order chi connectivity index (χ0) is 28.3. The van der Waals surface area contributed by atoms with E-state index >= 15 is 0 Å². The maximum Gasteiger partial charge on any atom is 0.338 e. The van der Waals surface area contributed by atoms with Crippen LogP contribution in [0.3, 0.4) is 0 Å². The van der Waals surface area contributed by atoms with E-state index in [4.69, 9.17) is 23.7 Å². The molecule has 4 rings (SSSR count). The second kappa shape index (κ2) is 12.1. The number of esters is 1. The number of fused-ring (bicyclic) bond motifs is 1. The molecule has 3 aromatic rings. The molecule has 206 valence electrons. The summed E-state index contributed by atoms with van der Waals surface area (Å²) in [7, 11) is 4.64. The standard InChI is InChI=1S/C28H29BrN2O7S/c1-7-37-22-11-16(9-10-19(22)34-4)12-23-26(32)31-25(17-13-20(35-5)21(36-6)14-18(17)29)24(27(33)38-8-2)15(3)30-28(31)39-23/h9-14,25H,7-8H2,1-6H3/b23-12-/t25-/m1/s1. The predicted octanol–water partition coefficient (Wildman–Crippen LogP) is 3.99. The molecule has 0 radical (unpaired) electrons. The normalized spacial score (nSPS) is 14.9. The maximum atomic E-state index is 13.9. The highest BCUT2D eigenvalue weighted by molar-refractivity contribution is 9.10. The van der Waals surface area contributed by atoms with Gasteiger partial charge in [-0.1, -0.05) is 33.3 Å². The van der Waals surface area contributed by atoms with Crippen LogP contribution in [0.25, 0.3) is 6.08 Å². The minimum absolute atomic E-state index is 0.180. The Morgan fingerprint density at radius 1 is 1.03 bits per heavy atom. The number of carbonyl (C=O) groups is 1. The molecule has 39 heavy (non-hydrogen) atoms.